The standard InChI is InChI=1S/C22H20N4O/c1-14-5-3-8-20(27)21(14)15-9-10-19-16(11-15)13-24-22(26-19)25-18-7-4-6-17(12-18)23-2/h3-7,9-13,23H,8H2,1-2H3,(H,24,25,26). The molecule has 0 amide bonds. The van der Waals surface area contributed by atoms with Crippen molar-refractivity contribution in [2.45, 2.75) is 13.3 Å². The number of fused-ring (bicyclic) bond motifs is 1. The number of benzene rings is 2. The highest BCUT2D eigenvalue weighted by atomic mass is 16.1. The molecule has 5 nitrogen and oxygen atoms in total. The topological polar surface area (TPSA) is 66.9 Å². The Morgan fingerprint density at radius 1 is 1.07 bits per heavy atom. The van der Waals surface area contributed by atoms with Gasteiger partial charge in [0.15, 0.2) is 5.78 Å². The number of hydrogen-bond acceptors (Lipinski definition) is 5. The molecule has 0 radical (unpaired) electrons. The zero-order valence-corrected chi connectivity index (χ0v) is 15.3. The van der Waals surface area contributed by atoms with E-state index >= 15 is 0 Å². The molecule has 0 bridgehead atoms. The summed E-state index contributed by atoms with van der Waals surface area (Å²) in [5.41, 5.74) is 5.46. The van der Waals surface area contributed by atoms with Crippen LogP contribution in [0.3, 0.4) is 0 Å². The predicted molar refractivity (Wildman–Crippen MR) is 110 cm³/mol. The summed E-state index contributed by atoms with van der Waals surface area (Å²) in [5, 5.41) is 7.24. The van der Waals surface area contributed by atoms with Gasteiger partial charge in [0.25, 0.3) is 0 Å². The number of rotatable bonds is 4. The van der Waals surface area contributed by atoms with Gasteiger partial charge in [0.2, 0.25) is 5.95 Å². The molecular weight excluding hydrogens is 336 g/mol. The number of anilines is 3. The van der Waals surface area contributed by atoms with Crippen LogP contribution in [0.2, 0.25) is 0 Å². The average Bonchev–Trinajstić information content (AvgIpc) is 2.68. The number of carbonyl (C=O) groups excluding carboxylic acids is 1. The molecule has 0 fully saturated rings. The van der Waals surface area contributed by atoms with Crippen LogP contribution in [0.5, 0.6) is 0 Å². The lowest BCUT2D eigenvalue weighted by molar-refractivity contribution is -0.113. The monoisotopic (exact) mass is 356 g/mol. The lowest BCUT2D eigenvalue weighted by Gasteiger charge is -2.13. The van der Waals surface area contributed by atoms with Crippen molar-refractivity contribution < 1.29 is 4.79 Å². The molecule has 3 aromatic rings. The fraction of sp³-hybridized carbons (Fsp3) is 0.136. The average molecular weight is 356 g/mol. The van der Waals surface area contributed by atoms with E-state index in [0.717, 1.165) is 39.0 Å². The van der Waals surface area contributed by atoms with Crippen molar-refractivity contribution in [3.63, 3.8) is 0 Å². The Morgan fingerprint density at radius 3 is 2.74 bits per heavy atom. The molecule has 1 aromatic heterocycles. The molecule has 5 heteroatoms. The molecule has 0 saturated heterocycles. The van der Waals surface area contributed by atoms with Crippen molar-refractivity contribution in [1.29, 1.82) is 0 Å². The maximum atomic E-state index is 12.3. The molecule has 0 saturated carbocycles. The second kappa shape index (κ2) is 7.03. The van der Waals surface area contributed by atoms with E-state index in [1.54, 1.807) is 6.20 Å². The third kappa shape index (κ3) is 3.44. The van der Waals surface area contributed by atoms with Gasteiger partial charge >= 0.3 is 0 Å². The van der Waals surface area contributed by atoms with Gasteiger partial charge in [-0.05, 0) is 48.4 Å². The number of allylic oxidation sites excluding steroid dienone is 4. The van der Waals surface area contributed by atoms with E-state index in [-0.39, 0.29) is 5.78 Å². The molecule has 1 aliphatic rings. The molecule has 2 aromatic carbocycles. The molecule has 2 N–H and O–H groups in total. The van der Waals surface area contributed by atoms with Crippen LogP contribution in [0.15, 0.2) is 66.4 Å². The maximum Gasteiger partial charge on any atom is 0.227 e. The molecule has 0 atom stereocenters. The highest BCUT2D eigenvalue weighted by Gasteiger charge is 2.17. The van der Waals surface area contributed by atoms with E-state index in [1.165, 1.54) is 0 Å². The summed E-state index contributed by atoms with van der Waals surface area (Å²) >= 11 is 0. The number of ketones is 1. The van der Waals surface area contributed by atoms with Gasteiger partial charge in [0.05, 0.1) is 5.52 Å². The van der Waals surface area contributed by atoms with Crippen LogP contribution in [0.25, 0.3) is 16.5 Å². The quantitative estimate of drug-likeness (QED) is 0.708. The first kappa shape index (κ1) is 17.0. The highest BCUT2D eigenvalue weighted by Crippen LogP contribution is 2.28. The fourth-order valence-electron chi connectivity index (χ4n) is 3.27. The van der Waals surface area contributed by atoms with Crippen molar-refractivity contribution in [3.8, 4) is 0 Å². The predicted octanol–water partition coefficient (Wildman–Crippen LogP) is 4.72. The first-order chi connectivity index (χ1) is 13.1. The number of hydrogen-bond donors (Lipinski definition) is 2. The number of carbonyl (C=O) groups is 1. The van der Waals surface area contributed by atoms with Gasteiger partial charge in [-0.25, -0.2) is 9.97 Å². The van der Waals surface area contributed by atoms with E-state index < -0.39 is 0 Å². The summed E-state index contributed by atoms with van der Waals surface area (Å²) < 4.78 is 0. The maximum absolute atomic E-state index is 12.3. The van der Waals surface area contributed by atoms with Gasteiger partial charge in [-0.3, -0.25) is 4.79 Å². The summed E-state index contributed by atoms with van der Waals surface area (Å²) in [4.78, 5) is 21.3. The van der Waals surface area contributed by atoms with Gasteiger partial charge < -0.3 is 10.6 Å². The Morgan fingerprint density at radius 2 is 1.93 bits per heavy atom. The summed E-state index contributed by atoms with van der Waals surface area (Å²) in [5.74, 6) is 0.688. The van der Waals surface area contributed by atoms with Crippen LogP contribution in [0.1, 0.15) is 18.9 Å². The Hall–Kier alpha value is -3.47. The molecule has 27 heavy (non-hydrogen) atoms. The van der Waals surface area contributed by atoms with E-state index in [0.29, 0.717) is 12.4 Å². The van der Waals surface area contributed by atoms with Gasteiger partial charge in [0.1, 0.15) is 0 Å². The van der Waals surface area contributed by atoms with E-state index in [2.05, 4.69) is 20.6 Å². The summed E-state index contributed by atoms with van der Waals surface area (Å²) in [6.07, 6.45) is 6.15. The summed E-state index contributed by atoms with van der Waals surface area (Å²) in [7, 11) is 1.88. The van der Waals surface area contributed by atoms with Crippen molar-refractivity contribution in [2.24, 2.45) is 0 Å². The molecular formula is C22H20N4O. The third-order valence-electron chi connectivity index (χ3n) is 4.62. The van der Waals surface area contributed by atoms with Crippen molar-refractivity contribution in [1.82, 2.24) is 9.97 Å². The Kier molecular flexibility index (Phi) is 4.42. The molecule has 134 valence electrons. The van der Waals surface area contributed by atoms with Gasteiger partial charge in [-0.15, -0.1) is 0 Å². The minimum atomic E-state index is 0.151. The van der Waals surface area contributed by atoms with Gasteiger partial charge in [-0.2, -0.15) is 0 Å². The molecule has 0 spiro atoms. The second-order valence-electron chi connectivity index (χ2n) is 6.51. The lowest BCUT2D eigenvalue weighted by Crippen LogP contribution is -2.06. The first-order valence-electron chi connectivity index (χ1n) is 8.87. The largest absolute Gasteiger partial charge is 0.388 e. The molecule has 1 aliphatic carbocycles. The first-order valence-corrected chi connectivity index (χ1v) is 8.87. The van der Waals surface area contributed by atoms with Gasteiger partial charge in [-0.1, -0.05) is 24.3 Å². The Balaban J connectivity index is 1.66. The molecule has 0 unspecified atom stereocenters. The summed E-state index contributed by atoms with van der Waals surface area (Å²) in [6, 6.07) is 13.8. The molecule has 1 heterocycles. The second-order valence-corrected chi connectivity index (χ2v) is 6.51. The third-order valence-corrected chi connectivity index (χ3v) is 4.62. The van der Waals surface area contributed by atoms with E-state index in [9.17, 15) is 4.79 Å². The van der Waals surface area contributed by atoms with Gasteiger partial charge in [0, 0.05) is 42.0 Å². The zero-order chi connectivity index (χ0) is 18.8. The van der Waals surface area contributed by atoms with Crippen molar-refractivity contribution in [3.05, 3.63) is 72.0 Å². The van der Waals surface area contributed by atoms with E-state index in [4.69, 9.17) is 0 Å². The minimum Gasteiger partial charge on any atom is -0.388 e. The molecule has 4 rings (SSSR count). The smallest absolute Gasteiger partial charge is 0.227 e. The number of nitrogens with one attached hydrogen (secondary N) is 2. The number of aromatic nitrogens is 2. The Labute approximate surface area is 157 Å². The fourth-order valence-corrected chi connectivity index (χ4v) is 3.27. The van der Waals surface area contributed by atoms with Crippen molar-refractivity contribution >= 4 is 39.6 Å². The zero-order valence-electron chi connectivity index (χ0n) is 15.3. The van der Waals surface area contributed by atoms with Crippen LogP contribution in [0, 0.1) is 0 Å². The Bertz CT molecular complexity index is 1100. The summed E-state index contributed by atoms with van der Waals surface area (Å²) in [6.45, 7) is 1.97. The molecule has 0 aliphatic heterocycles. The SMILES string of the molecule is CNc1cccc(Nc2ncc3cc(C4=C(C)C=CCC4=O)ccc3n2)c1. The van der Waals surface area contributed by atoms with Crippen molar-refractivity contribution in [2.75, 3.05) is 17.7 Å². The lowest BCUT2D eigenvalue weighted by atomic mass is 9.91. The minimum absolute atomic E-state index is 0.151. The number of nitrogens with zero attached hydrogens (tertiary/aromatic N) is 2. The van der Waals surface area contributed by atoms with Crippen LogP contribution in [-0.4, -0.2) is 22.8 Å². The van der Waals surface area contributed by atoms with Crippen LogP contribution in [-0.2, 0) is 4.79 Å². The van der Waals surface area contributed by atoms with Crippen LogP contribution >= 0.6 is 0 Å². The van der Waals surface area contributed by atoms with Crippen LogP contribution in [0.4, 0.5) is 17.3 Å². The normalized spacial score (nSPS) is 13.9. The van der Waals surface area contributed by atoms with Crippen LogP contribution < -0.4 is 10.6 Å². The number of Topliss-reactive ketones (excluding diaryl/α,β-unsaturated/α-hetero) is 1. The van der Waals surface area contributed by atoms with E-state index in [1.807, 2.05) is 68.6 Å². The highest BCUT2D eigenvalue weighted by molar-refractivity contribution is 6.23.